The predicted molar refractivity (Wildman–Crippen MR) is 95.4 cm³/mol. The Bertz CT molecular complexity index is 654. The average Bonchev–Trinajstić information content (AvgIpc) is 2.44. The molecule has 2 aromatic rings. The zero-order valence-corrected chi connectivity index (χ0v) is 15.3. The lowest BCUT2D eigenvalue weighted by Gasteiger charge is -2.16. The average molecular weight is 405 g/mol. The Morgan fingerprint density at radius 3 is 2.41 bits per heavy atom. The Hall–Kier alpha value is -1.10. The topological polar surface area (TPSA) is 41.5 Å². The van der Waals surface area contributed by atoms with Crippen molar-refractivity contribution >= 4 is 44.8 Å². The lowest BCUT2D eigenvalue weighted by Crippen LogP contribution is -2.09. The Morgan fingerprint density at radius 2 is 1.82 bits per heavy atom. The highest BCUT2D eigenvalue weighted by Crippen LogP contribution is 2.35. The number of ether oxygens (including phenoxy) is 1. The second-order valence-corrected chi connectivity index (χ2v) is 6.79. The van der Waals surface area contributed by atoms with Gasteiger partial charge in [0.2, 0.25) is 0 Å². The van der Waals surface area contributed by atoms with Gasteiger partial charge in [0, 0.05) is 22.3 Å². The minimum atomic E-state index is -0.111. The molecule has 0 aliphatic rings. The third-order valence-corrected chi connectivity index (χ3v) is 3.95. The number of phenolic OH excluding ortho intramolecular Hbond substituents is 1. The molecule has 0 spiro atoms. The van der Waals surface area contributed by atoms with Crippen molar-refractivity contribution in [3.8, 4) is 11.5 Å². The van der Waals surface area contributed by atoms with Crippen LogP contribution in [0.2, 0.25) is 10.0 Å². The smallest absolute Gasteiger partial charge is 0.152 e. The highest BCUT2D eigenvalue weighted by atomic mass is 79.9. The molecular weight excluding hydrogens is 389 g/mol. The molecule has 0 atom stereocenters. The van der Waals surface area contributed by atoms with Crippen molar-refractivity contribution in [2.24, 2.45) is 0 Å². The molecule has 2 aromatic carbocycles. The largest absolute Gasteiger partial charge is 0.505 e. The van der Waals surface area contributed by atoms with Gasteiger partial charge in [-0.2, -0.15) is 0 Å². The first-order valence-corrected chi connectivity index (χ1v) is 8.28. The Balaban J connectivity index is 2.19. The van der Waals surface area contributed by atoms with Crippen LogP contribution in [0.5, 0.6) is 11.5 Å². The van der Waals surface area contributed by atoms with Gasteiger partial charge in [0.25, 0.3) is 0 Å². The van der Waals surface area contributed by atoms with Crippen molar-refractivity contribution < 1.29 is 9.84 Å². The quantitative estimate of drug-likeness (QED) is 0.613. The molecule has 22 heavy (non-hydrogen) atoms. The highest BCUT2D eigenvalue weighted by Gasteiger charge is 2.09. The molecule has 0 saturated heterocycles. The van der Waals surface area contributed by atoms with Crippen LogP contribution in [-0.4, -0.2) is 11.2 Å². The summed E-state index contributed by atoms with van der Waals surface area (Å²) in [5.41, 5.74) is 1.73. The number of hydrogen-bond donors (Lipinski definition) is 2. The van der Waals surface area contributed by atoms with Gasteiger partial charge in [-0.15, -0.1) is 0 Å². The van der Waals surface area contributed by atoms with Gasteiger partial charge in [-0.05, 0) is 44.2 Å². The van der Waals surface area contributed by atoms with Crippen molar-refractivity contribution in [2.75, 3.05) is 5.32 Å². The number of phenols is 1. The summed E-state index contributed by atoms with van der Waals surface area (Å²) >= 11 is 15.3. The molecule has 0 heterocycles. The van der Waals surface area contributed by atoms with E-state index < -0.39 is 0 Å². The van der Waals surface area contributed by atoms with Crippen LogP contribution in [0.4, 0.5) is 5.69 Å². The van der Waals surface area contributed by atoms with Crippen molar-refractivity contribution in [1.82, 2.24) is 0 Å². The summed E-state index contributed by atoms with van der Waals surface area (Å²) in [6.07, 6.45) is 0.0949. The van der Waals surface area contributed by atoms with E-state index >= 15 is 0 Å². The SMILES string of the molecule is CC(C)Oc1ccc(Br)cc1CNc1cc(Cl)c(O)c(Cl)c1. The first-order chi connectivity index (χ1) is 10.4. The summed E-state index contributed by atoms with van der Waals surface area (Å²) in [5.74, 6) is 0.710. The summed E-state index contributed by atoms with van der Waals surface area (Å²) in [5, 5.41) is 13.2. The molecule has 0 aliphatic carbocycles. The van der Waals surface area contributed by atoms with Crippen LogP contribution in [0.1, 0.15) is 19.4 Å². The van der Waals surface area contributed by atoms with E-state index in [9.17, 15) is 5.11 Å². The normalized spacial score (nSPS) is 10.8. The number of halogens is 3. The van der Waals surface area contributed by atoms with E-state index in [0.717, 1.165) is 21.5 Å². The maximum absolute atomic E-state index is 9.58. The van der Waals surface area contributed by atoms with Gasteiger partial charge in [0.1, 0.15) is 5.75 Å². The lowest BCUT2D eigenvalue weighted by molar-refractivity contribution is 0.240. The van der Waals surface area contributed by atoms with Crippen LogP contribution >= 0.6 is 39.1 Å². The summed E-state index contributed by atoms with van der Waals surface area (Å²) < 4.78 is 6.78. The molecule has 3 nitrogen and oxygen atoms in total. The minimum Gasteiger partial charge on any atom is -0.505 e. The number of anilines is 1. The Morgan fingerprint density at radius 1 is 1.18 bits per heavy atom. The van der Waals surface area contributed by atoms with Gasteiger partial charge in [0.05, 0.1) is 16.1 Å². The van der Waals surface area contributed by atoms with Crippen LogP contribution in [0.25, 0.3) is 0 Å². The second-order valence-electron chi connectivity index (χ2n) is 5.06. The third-order valence-electron chi connectivity index (χ3n) is 2.89. The maximum Gasteiger partial charge on any atom is 0.152 e. The number of rotatable bonds is 5. The Labute approximate surface area is 148 Å². The molecule has 2 rings (SSSR count). The highest BCUT2D eigenvalue weighted by molar-refractivity contribution is 9.10. The van der Waals surface area contributed by atoms with Crippen LogP contribution in [0.3, 0.4) is 0 Å². The zero-order chi connectivity index (χ0) is 16.3. The van der Waals surface area contributed by atoms with Crippen LogP contribution in [-0.2, 0) is 6.54 Å². The Kier molecular flexibility index (Phi) is 5.84. The molecule has 6 heteroatoms. The summed E-state index contributed by atoms with van der Waals surface area (Å²) in [4.78, 5) is 0. The van der Waals surface area contributed by atoms with Crippen LogP contribution < -0.4 is 10.1 Å². The zero-order valence-electron chi connectivity index (χ0n) is 12.2. The maximum atomic E-state index is 9.58. The van der Waals surface area contributed by atoms with Crippen LogP contribution in [0.15, 0.2) is 34.8 Å². The van der Waals surface area contributed by atoms with Gasteiger partial charge in [0.15, 0.2) is 5.75 Å². The van der Waals surface area contributed by atoms with E-state index in [2.05, 4.69) is 21.2 Å². The van der Waals surface area contributed by atoms with Crippen molar-refractivity contribution in [3.63, 3.8) is 0 Å². The molecule has 2 N–H and O–H groups in total. The number of aromatic hydroxyl groups is 1. The summed E-state index contributed by atoms with van der Waals surface area (Å²) in [7, 11) is 0. The van der Waals surface area contributed by atoms with Gasteiger partial charge < -0.3 is 15.2 Å². The molecule has 118 valence electrons. The first-order valence-electron chi connectivity index (χ1n) is 6.73. The van der Waals surface area contributed by atoms with E-state index in [1.165, 1.54) is 0 Å². The summed E-state index contributed by atoms with van der Waals surface area (Å²) in [6.45, 7) is 4.51. The number of nitrogens with one attached hydrogen (secondary N) is 1. The predicted octanol–water partition coefficient (Wildman–Crippen LogP) is 5.86. The molecular formula is C16H16BrCl2NO2. The minimum absolute atomic E-state index is 0.0949. The fourth-order valence-corrected chi connectivity index (χ4v) is 2.82. The first kappa shape index (κ1) is 17.3. The number of hydrogen-bond acceptors (Lipinski definition) is 3. The molecule has 0 aliphatic heterocycles. The standard InChI is InChI=1S/C16H16BrCl2NO2/c1-9(2)22-15-4-3-11(17)5-10(15)8-20-12-6-13(18)16(21)14(19)7-12/h3-7,9,20-21H,8H2,1-2H3. The van der Waals surface area contributed by atoms with Gasteiger partial charge in [-0.25, -0.2) is 0 Å². The van der Waals surface area contributed by atoms with E-state index in [0.29, 0.717) is 6.54 Å². The summed E-state index contributed by atoms with van der Waals surface area (Å²) in [6, 6.07) is 9.12. The van der Waals surface area contributed by atoms with Crippen molar-refractivity contribution in [3.05, 3.63) is 50.4 Å². The molecule has 0 saturated carbocycles. The fraction of sp³-hybridized carbons (Fsp3) is 0.250. The third kappa shape index (κ3) is 4.45. The lowest BCUT2D eigenvalue weighted by atomic mass is 10.2. The van der Waals surface area contributed by atoms with Gasteiger partial charge in [-0.3, -0.25) is 0 Å². The van der Waals surface area contributed by atoms with Gasteiger partial charge in [-0.1, -0.05) is 39.1 Å². The van der Waals surface area contributed by atoms with E-state index in [4.69, 9.17) is 27.9 Å². The molecule has 0 bridgehead atoms. The van der Waals surface area contributed by atoms with Crippen molar-refractivity contribution in [1.29, 1.82) is 0 Å². The molecule has 0 amide bonds. The molecule has 0 aromatic heterocycles. The molecule has 0 unspecified atom stereocenters. The second kappa shape index (κ2) is 7.44. The van der Waals surface area contributed by atoms with E-state index in [1.807, 2.05) is 32.0 Å². The fourth-order valence-electron chi connectivity index (χ4n) is 1.92. The molecule has 0 fully saturated rings. The number of benzene rings is 2. The van der Waals surface area contributed by atoms with E-state index in [-0.39, 0.29) is 21.9 Å². The van der Waals surface area contributed by atoms with E-state index in [1.54, 1.807) is 12.1 Å². The molecule has 0 radical (unpaired) electrons. The van der Waals surface area contributed by atoms with Crippen molar-refractivity contribution in [2.45, 2.75) is 26.5 Å². The van der Waals surface area contributed by atoms with Crippen LogP contribution in [0, 0.1) is 0 Å². The monoisotopic (exact) mass is 403 g/mol. The van der Waals surface area contributed by atoms with Gasteiger partial charge >= 0.3 is 0 Å².